The molecule has 0 nitrogen and oxygen atoms in total. The van der Waals surface area contributed by atoms with Gasteiger partial charge < -0.3 is 0 Å². The molecule has 0 atom stereocenters. The number of allylic oxidation sites excluding steroid dienone is 3. The van der Waals surface area contributed by atoms with Crippen molar-refractivity contribution in [2.45, 2.75) is 19.8 Å². The fraction of sp³-hybridized carbons (Fsp3) is 0.231. The smallest absolute Gasteiger partial charge is 0.00577 e. The minimum Gasteiger partial charge on any atom is -0.0912 e. The molecule has 1 aliphatic rings. The van der Waals surface area contributed by atoms with E-state index in [1.54, 1.807) is 0 Å². The van der Waals surface area contributed by atoms with Crippen LogP contribution in [0, 0.1) is 0 Å². The molecule has 1 aromatic carbocycles. The van der Waals surface area contributed by atoms with Crippen molar-refractivity contribution in [3.63, 3.8) is 0 Å². The second-order valence-corrected chi connectivity index (χ2v) is 3.52. The van der Waals surface area contributed by atoms with E-state index in [4.69, 9.17) is 0 Å². The van der Waals surface area contributed by atoms with Gasteiger partial charge in [0.2, 0.25) is 0 Å². The first-order chi connectivity index (χ1) is 6.31. The largest absolute Gasteiger partial charge is 0.0912 e. The van der Waals surface area contributed by atoms with Gasteiger partial charge in [-0.05, 0) is 29.5 Å². The van der Waals surface area contributed by atoms with Gasteiger partial charge in [-0.25, -0.2) is 0 Å². The zero-order valence-corrected chi connectivity index (χ0v) is 8.01. The number of rotatable bonds is 1. The van der Waals surface area contributed by atoms with Crippen molar-refractivity contribution in [1.82, 2.24) is 0 Å². The summed E-state index contributed by atoms with van der Waals surface area (Å²) in [5, 5.41) is 0. The van der Waals surface area contributed by atoms with Crippen molar-refractivity contribution in [2.75, 3.05) is 0 Å². The maximum Gasteiger partial charge on any atom is -0.00577 e. The monoisotopic (exact) mass is 170 g/mol. The van der Waals surface area contributed by atoms with Crippen molar-refractivity contribution in [3.8, 4) is 0 Å². The topological polar surface area (TPSA) is 0 Å². The van der Waals surface area contributed by atoms with Crippen LogP contribution < -0.4 is 0 Å². The van der Waals surface area contributed by atoms with E-state index in [-0.39, 0.29) is 0 Å². The average Bonchev–Trinajstić information content (AvgIpc) is 2.18. The van der Waals surface area contributed by atoms with E-state index in [1.807, 2.05) is 0 Å². The van der Waals surface area contributed by atoms with Gasteiger partial charge in [-0.2, -0.15) is 0 Å². The molecule has 0 aromatic heterocycles. The number of benzene rings is 1. The lowest BCUT2D eigenvalue weighted by Gasteiger charge is -2.17. The first kappa shape index (κ1) is 8.31. The van der Waals surface area contributed by atoms with E-state index in [0.29, 0.717) is 0 Å². The third-order valence-electron chi connectivity index (χ3n) is 2.61. The molecule has 0 heterocycles. The molecule has 0 unspecified atom stereocenters. The highest BCUT2D eigenvalue weighted by Gasteiger charge is 2.11. The summed E-state index contributed by atoms with van der Waals surface area (Å²) in [6.45, 7) is 6.28. The summed E-state index contributed by atoms with van der Waals surface area (Å²) >= 11 is 0. The minimum atomic E-state index is 1.10. The van der Waals surface area contributed by atoms with E-state index < -0.39 is 0 Å². The van der Waals surface area contributed by atoms with Crippen molar-refractivity contribution >= 4 is 5.57 Å². The van der Waals surface area contributed by atoms with Crippen LogP contribution in [-0.2, 0) is 6.42 Å². The minimum absolute atomic E-state index is 1.10. The average molecular weight is 170 g/mol. The molecule has 0 spiro atoms. The van der Waals surface area contributed by atoms with Gasteiger partial charge in [-0.3, -0.25) is 0 Å². The van der Waals surface area contributed by atoms with Crippen LogP contribution in [0.25, 0.3) is 5.57 Å². The van der Waals surface area contributed by atoms with Crippen molar-refractivity contribution < 1.29 is 0 Å². The summed E-state index contributed by atoms with van der Waals surface area (Å²) in [4.78, 5) is 0. The van der Waals surface area contributed by atoms with E-state index in [0.717, 1.165) is 12.8 Å². The Balaban J connectivity index is 2.46. The second-order valence-electron chi connectivity index (χ2n) is 3.52. The van der Waals surface area contributed by atoms with E-state index in [2.05, 4.69) is 43.8 Å². The molecular weight excluding hydrogens is 156 g/mol. The van der Waals surface area contributed by atoms with Gasteiger partial charge in [0.15, 0.2) is 0 Å². The molecule has 0 fully saturated rings. The molecule has 0 bridgehead atoms. The van der Waals surface area contributed by atoms with Gasteiger partial charge in [0, 0.05) is 0 Å². The van der Waals surface area contributed by atoms with Gasteiger partial charge in [0.25, 0.3) is 0 Å². The predicted molar refractivity (Wildman–Crippen MR) is 57.6 cm³/mol. The summed E-state index contributed by atoms with van der Waals surface area (Å²) in [6, 6.07) is 8.53. The Morgan fingerprint density at radius 1 is 1.31 bits per heavy atom. The van der Waals surface area contributed by atoms with Gasteiger partial charge >= 0.3 is 0 Å². The van der Waals surface area contributed by atoms with E-state index in [1.165, 1.54) is 22.3 Å². The highest BCUT2D eigenvalue weighted by Crippen LogP contribution is 2.28. The number of fused-ring (bicyclic) bond motifs is 1. The lowest BCUT2D eigenvalue weighted by molar-refractivity contribution is 0.991. The predicted octanol–water partition coefficient (Wildman–Crippen LogP) is 3.59. The van der Waals surface area contributed by atoms with Crippen molar-refractivity contribution in [1.29, 1.82) is 0 Å². The summed E-state index contributed by atoms with van der Waals surface area (Å²) < 4.78 is 0. The number of hydrogen-bond acceptors (Lipinski definition) is 0. The first-order valence-electron chi connectivity index (χ1n) is 4.78. The summed E-state index contributed by atoms with van der Waals surface area (Å²) in [5.74, 6) is 0. The van der Waals surface area contributed by atoms with Crippen molar-refractivity contribution in [2.24, 2.45) is 0 Å². The molecule has 66 valence electrons. The Bertz CT molecular complexity index is 369. The first-order valence-corrected chi connectivity index (χ1v) is 4.78. The van der Waals surface area contributed by atoms with Crippen molar-refractivity contribution in [3.05, 3.63) is 53.6 Å². The fourth-order valence-electron chi connectivity index (χ4n) is 1.83. The molecule has 0 radical (unpaired) electrons. The summed E-state index contributed by atoms with van der Waals surface area (Å²) in [6.07, 6.45) is 4.46. The SMILES string of the molecule is C=C1C=C(CC)Cc2ccccc21. The lowest BCUT2D eigenvalue weighted by atomic mass is 9.88. The molecule has 0 heteroatoms. The van der Waals surface area contributed by atoms with Crippen LogP contribution in [-0.4, -0.2) is 0 Å². The quantitative estimate of drug-likeness (QED) is 0.604. The second kappa shape index (κ2) is 3.21. The maximum atomic E-state index is 4.08. The molecule has 0 saturated heterocycles. The standard InChI is InChI=1S/C13H14/c1-3-11-8-10(2)13-7-5-4-6-12(13)9-11/h4-8H,2-3,9H2,1H3. The third-order valence-corrected chi connectivity index (χ3v) is 2.61. The van der Waals surface area contributed by atoms with Crippen LogP contribution in [0.3, 0.4) is 0 Å². The molecule has 0 N–H and O–H groups in total. The molecule has 0 aliphatic heterocycles. The Kier molecular flexibility index (Phi) is 2.05. The summed E-state index contributed by atoms with van der Waals surface area (Å²) in [7, 11) is 0. The molecule has 1 aliphatic carbocycles. The van der Waals surface area contributed by atoms with E-state index in [9.17, 15) is 0 Å². The van der Waals surface area contributed by atoms with Crippen LogP contribution in [0.15, 0.2) is 42.5 Å². The fourth-order valence-corrected chi connectivity index (χ4v) is 1.83. The normalized spacial score (nSPS) is 15.2. The van der Waals surface area contributed by atoms with E-state index >= 15 is 0 Å². The molecule has 1 aromatic rings. The highest BCUT2D eigenvalue weighted by atomic mass is 14.2. The third kappa shape index (κ3) is 1.44. The Morgan fingerprint density at radius 2 is 2.08 bits per heavy atom. The zero-order chi connectivity index (χ0) is 9.26. The van der Waals surface area contributed by atoms with Gasteiger partial charge in [0.05, 0.1) is 0 Å². The molecule has 0 amide bonds. The van der Waals surface area contributed by atoms with Crippen LogP contribution in [0.5, 0.6) is 0 Å². The Hall–Kier alpha value is -1.30. The Labute approximate surface area is 79.6 Å². The van der Waals surface area contributed by atoms with Crippen LogP contribution in [0.1, 0.15) is 24.5 Å². The molecule has 0 saturated carbocycles. The maximum absolute atomic E-state index is 4.08. The lowest BCUT2D eigenvalue weighted by Crippen LogP contribution is -2.00. The van der Waals surface area contributed by atoms with Gasteiger partial charge in [0.1, 0.15) is 0 Å². The molecule has 2 rings (SSSR count). The van der Waals surface area contributed by atoms with Gasteiger partial charge in [-0.1, -0.05) is 49.4 Å². The Morgan fingerprint density at radius 3 is 2.85 bits per heavy atom. The summed E-state index contributed by atoms with van der Waals surface area (Å²) in [5.41, 5.74) is 5.40. The van der Waals surface area contributed by atoms with Crippen LogP contribution in [0.2, 0.25) is 0 Å². The number of hydrogen-bond donors (Lipinski definition) is 0. The molecular formula is C13H14. The van der Waals surface area contributed by atoms with Crippen LogP contribution >= 0.6 is 0 Å². The van der Waals surface area contributed by atoms with Crippen LogP contribution in [0.4, 0.5) is 0 Å². The molecule has 13 heavy (non-hydrogen) atoms. The highest BCUT2D eigenvalue weighted by molar-refractivity contribution is 5.77. The zero-order valence-electron chi connectivity index (χ0n) is 8.01. The van der Waals surface area contributed by atoms with Gasteiger partial charge in [-0.15, -0.1) is 0 Å².